The molecule has 0 radical (unpaired) electrons. The van der Waals surface area contributed by atoms with Gasteiger partial charge in [0.05, 0.1) is 6.61 Å². The molecule has 0 heterocycles. The van der Waals surface area contributed by atoms with Gasteiger partial charge < -0.3 is 4.74 Å². The van der Waals surface area contributed by atoms with Gasteiger partial charge in [-0.05, 0) is 13.8 Å². The normalized spacial score (nSPS) is 7.82. The minimum atomic E-state index is -0.352. The number of hydrogen-bond donors (Lipinski definition) is 0. The maximum absolute atomic E-state index is 10.9. The molecular formula is C9H12O2. The van der Waals surface area contributed by atoms with Gasteiger partial charge >= 0.3 is 5.97 Å². The maximum atomic E-state index is 10.9. The van der Waals surface area contributed by atoms with Crippen molar-refractivity contribution in [3.8, 4) is 11.8 Å². The van der Waals surface area contributed by atoms with Gasteiger partial charge in [0.2, 0.25) is 0 Å². The summed E-state index contributed by atoms with van der Waals surface area (Å²) in [6.45, 7) is 7.40. The number of carbonyl (C=O) groups is 1. The summed E-state index contributed by atoms with van der Waals surface area (Å²) < 4.78 is 4.69. The molecule has 0 amide bonds. The van der Waals surface area contributed by atoms with Crippen molar-refractivity contribution >= 4 is 5.97 Å². The van der Waals surface area contributed by atoms with Crippen molar-refractivity contribution in [3.05, 3.63) is 12.2 Å². The third-order valence-electron chi connectivity index (χ3n) is 1.04. The van der Waals surface area contributed by atoms with Crippen molar-refractivity contribution in [2.75, 3.05) is 6.61 Å². The fraction of sp³-hybridized carbons (Fsp3) is 0.444. The quantitative estimate of drug-likeness (QED) is 0.348. The zero-order valence-corrected chi connectivity index (χ0v) is 6.94. The summed E-state index contributed by atoms with van der Waals surface area (Å²) in [5.74, 6) is 5.06. The summed E-state index contributed by atoms with van der Waals surface area (Å²) in [7, 11) is 0. The molecule has 0 spiro atoms. The van der Waals surface area contributed by atoms with Crippen LogP contribution in [0.1, 0.15) is 20.3 Å². The van der Waals surface area contributed by atoms with E-state index in [2.05, 4.69) is 18.4 Å². The van der Waals surface area contributed by atoms with Crippen LogP contribution >= 0.6 is 0 Å². The summed E-state index contributed by atoms with van der Waals surface area (Å²) in [5, 5.41) is 0. The molecule has 0 saturated heterocycles. The Bertz CT molecular complexity index is 205. The Labute approximate surface area is 67.2 Å². The third kappa shape index (κ3) is 4.21. The molecule has 0 rings (SSSR count). The summed E-state index contributed by atoms with van der Waals surface area (Å²) in [6.07, 6.45) is 0.398. The van der Waals surface area contributed by atoms with E-state index in [4.69, 9.17) is 4.74 Å². The minimum absolute atomic E-state index is 0.352. The Balaban J connectivity index is 3.80. The third-order valence-corrected chi connectivity index (χ3v) is 1.04. The van der Waals surface area contributed by atoms with Gasteiger partial charge in [-0.2, -0.15) is 0 Å². The zero-order valence-electron chi connectivity index (χ0n) is 6.94. The van der Waals surface area contributed by atoms with Gasteiger partial charge in [0, 0.05) is 12.0 Å². The van der Waals surface area contributed by atoms with Gasteiger partial charge in [-0.15, -0.1) is 5.92 Å². The van der Waals surface area contributed by atoms with Crippen molar-refractivity contribution in [3.63, 3.8) is 0 Å². The lowest BCUT2D eigenvalue weighted by Gasteiger charge is -1.99. The Morgan fingerprint density at radius 2 is 2.27 bits per heavy atom. The summed E-state index contributed by atoms with van der Waals surface area (Å²) in [4.78, 5) is 10.9. The van der Waals surface area contributed by atoms with Crippen molar-refractivity contribution in [1.82, 2.24) is 0 Å². The minimum Gasteiger partial charge on any atom is -0.463 e. The average molecular weight is 152 g/mol. The summed E-state index contributed by atoms with van der Waals surface area (Å²) >= 11 is 0. The highest BCUT2D eigenvalue weighted by molar-refractivity contribution is 5.88. The van der Waals surface area contributed by atoms with Crippen LogP contribution < -0.4 is 0 Å². The standard InChI is InChI=1S/C9H12O2/c1-4-6-7-8(3)9(10)11-5-2/h3,5,7H2,1-2H3. The zero-order chi connectivity index (χ0) is 8.69. The average Bonchev–Trinajstić information content (AvgIpc) is 2.00. The predicted molar refractivity (Wildman–Crippen MR) is 43.8 cm³/mol. The lowest BCUT2D eigenvalue weighted by molar-refractivity contribution is -0.138. The smallest absolute Gasteiger partial charge is 0.334 e. The molecule has 0 saturated carbocycles. The Morgan fingerprint density at radius 1 is 1.64 bits per heavy atom. The van der Waals surface area contributed by atoms with Crippen molar-refractivity contribution in [2.24, 2.45) is 0 Å². The second kappa shape index (κ2) is 5.55. The summed E-state index contributed by atoms with van der Waals surface area (Å²) in [5.41, 5.74) is 0.418. The van der Waals surface area contributed by atoms with E-state index in [1.165, 1.54) is 0 Å². The van der Waals surface area contributed by atoms with Crippen molar-refractivity contribution < 1.29 is 9.53 Å². The number of ether oxygens (including phenoxy) is 1. The summed E-state index contributed by atoms with van der Waals surface area (Å²) in [6, 6.07) is 0. The monoisotopic (exact) mass is 152 g/mol. The lowest BCUT2D eigenvalue weighted by Crippen LogP contribution is -2.05. The Morgan fingerprint density at radius 3 is 2.73 bits per heavy atom. The predicted octanol–water partition coefficient (Wildman–Crippen LogP) is 1.52. The molecule has 0 aromatic rings. The molecule has 0 aliphatic carbocycles. The first-order valence-electron chi connectivity index (χ1n) is 3.46. The molecule has 11 heavy (non-hydrogen) atoms. The van der Waals surface area contributed by atoms with Crippen LogP contribution in [-0.4, -0.2) is 12.6 Å². The van der Waals surface area contributed by atoms with Crippen LogP contribution in [0.4, 0.5) is 0 Å². The highest BCUT2D eigenvalue weighted by Crippen LogP contribution is 1.98. The van der Waals surface area contributed by atoms with E-state index < -0.39 is 0 Å². The first-order valence-corrected chi connectivity index (χ1v) is 3.46. The van der Waals surface area contributed by atoms with Gasteiger partial charge in [0.25, 0.3) is 0 Å². The van der Waals surface area contributed by atoms with Crippen LogP contribution in [0.25, 0.3) is 0 Å². The van der Waals surface area contributed by atoms with Crippen LogP contribution in [0.15, 0.2) is 12.2 Å². The fourth-order valence-electron chi connectivity index (χ4n) is 0.500. The SMILES string of the molecule is C=C(CC#CC)C(=O)OCC. The first-order chi connectivity index (χ1) is 5.22. The Kier molecular flexibility index (Phi) is 4.93. The van der Waals surface area contributed by atoms with E-state index in [0.717, 1.165) is 0 Å². The second-order valence-electron chi connectivity index (χ2n) is 1.93. The molecule has 0 N–H and O–H groups in total. The molecular weight excluding hydrogens is 140 g/mol. The fourth-order valence-corrected chi connectivity index (χ4v) is 0.500. The molecule has 0 aromatic carbocycles. The van der Waals surface area contributed by atoms with Crippen molar-refractivity contribution in [1.29, 1.82) is 0 Å². The van der Waals surface area contributed by atoms with Crippen LogP contribution in [0.2, 0.25) is 0 Å². The second-order valence-corrected chi connectivity index (χ2v) is 1.93. The molecule has 60 valence electrons. The molecule has 0 aliphatic heterocycles. The van der Waals surface area contributed by atoms with Crippen LogP contribution in [0.5, 0.6) is 0 Å². The molecule has 0 atom stereocenters. The van der Waals surface area contributed by atoms with E-state index in [9.17, 15) is 4.79 Å². The highest BCUT2D eigenvalue weighted by Gasteiger charge is 2.04. The molecule has 0 aliphatic rings. The molecule has 2 nitrogen and oxygen atoms in total. The van der Waals surface area contributed by atoms with Gasteiger partial charge in [-0.25, -0.2) is 4.79 Å². The number of hydrogen-bond acceptors (Lipinski definition) is 2. The number of esters is 1. The number of carbonyl (C=O) groups excluding carboxylic acids is 1. The van der Waals surface area contributed by atoms with Crippen LogP contribution in [0.3, 0.4) is 0 Å². The maximum Gasteiger partial charge on any atom is 0.334 e. The van der Waals surface area contributed by atoms with Gasteiger partial charge in [0.1, 0.15) is 0 Å². The largest absolute Gasteiger partial charge is 0.463 e. The van der Waals surface area contributed by atoms with E-state index in [0.29, 0.717) is 18.6 Å². The van der Waals surface area contributed by atoms with Crippen molar-refractivity contribution in [2.45, 2.75) is 20.3 Å². The first kappa shape index (κ1) is 9.77. The van der Waals surface area contributed by atoms with E-state index in [-0.39, 0.29) is 5.97 Å². The van der Waals surface area contributed by atoms with Crippen LogP contribution in [-0.2, 0) is 9.53 Å². The lowest BCUT2D eigenvalue weighted by atomic mass is 10.2. The van der Waals surface area contributed by atoms with E-state index >= 15 is 0 Å². The van der Waals surface area contributed by atoms with E-state index in [1.54, 1.807) is 13.8 Å². The van der Waals surface area contributed by atoms with Gasteiger partial charge in [0.15, 0.2) is 0 Å². The molecule has 0 aromatic heterocycles. The molecule has 2 heteroatoms. The topological polar surface area (TPSA) is 26.3 Å². The van der Waals surface area contributed by atoms with Gasteiger partial charge in [-0.3, -0.25) is 0 Å². The molecule has 0 fully saturated rings. The highest BCUT2D eigenvalue weighted by atomic mass is 16.5. The molecule has 0 unspecified atom stereocenters. The molecule has 0 bridgehead atoms. The van der Waals surface area contributed by atoms with Crippen LogP contribution in [0, 0.1) is 11.8 Å². The van der Waals surface area contributed by atoms with Gasteiger partial charge in [-0.1, -0.05) is 12.5 Å². The van der Waals surface area contributed by atoms with E-state index in [1.807, 2.05) is 0 Å². The number of rotatable bonds is 3. The Hall–Kier alpha value is -1.23.